The third-order valence-corrected chi connectivity index (χ3v) is 2.44. The molecule has 0 aliphatic rings. The van der Waals surface area contributed by atoms with Gasteiger partial charge in [-0.1, -0.05) is 12.1 Å². The van der Waals surface area contributed by atoms with Crippen LogP contribution in [0.15, 0.2) is 48.5 Å². The molecule has 3 heteroatoms. The molecule has 88 valence electrons. The van der Waals surface area contributed by atoms with E-state index >= 15 is 0 Å². The Balaban J connectivity index is 2.05. The van der Waals surface area contributed by atoms with Gasteiger partial charge in [0.05, 0.1) is 0 Å². The number of nitrogens with two attached hydrogens (primary N) is 1. The van der Waals surface area contributed by atoms with E-state index in [1.807, 2.05) is 36.4 Å². The number of benzene rings is 2. The van der Waals surface area contributed by atoms with Crippen molar-refractivity contribution in [1.82, 2.24) is 0 Å². The second kappa shape index (κ2) is 5.37. The third-order valence-electron chi connectivity index (χ3n) is 2.44. The van der Waals surface area contributed by atoms with Crippen molar-refractivity contribution < 1.29 is 9.84 Å². The SMILES string of the molecule is Nc1ccc(Oc2ccc(CCO)cc2)cc1. The largest absolute Gasteiger partial charge is 0.457 e. The van der Waals surface area contributed by atoms with Gasteiger partial charge in [0.25, 0.3) is 0 Å². The molecule has 0 atom stereocenters. The number of rotatable bonds is 4. The third kappa shape index (κ3) is 3.23. The van der Waals surface area contributed by atoms with Crippen LogP contribution in [-0.4, -0.2) is 11.7 Å². The van der Waals surface area contributed by atoms with E-state index in [0.717, 1.165) is 22.7 Å². The molecule has 0 saturated carbocycles. The number of hydrogen-bond donors (Lipinski definition) is 2. The first-order chi connectivity index (χ1) is 8.28. The molecule has 0 aromatic heterocycles. The van der Waals surface area contributed by atoms with Crippen molar-refractivity contribution in [2.75, 3.05) is 12.3 Å². The molecule has 0 radical (unpaired) electrons. The summed E-state index contributed by atoms with van der Waals surface area (Å²) in [5.74, 6) is 1.53. The van der Waals surface area contributed by atoms with Gasteiger partial charge in [0.2, 0.25) is 0 Å². The molecular weight excluding hydrogens is 214 g/mol. The maximum absolute atomic E-state index is 8.81. The Morgan fingerprint density at radius 1 is 0.882 bits per heavy atom. The monoisotopic (exact) mass is 229 g/mol. The summed E-state index contributed by atoms with van der Waals surface area (Å²) in [6.45, 7) is 0.165. The van der Waals surface area contributed by atoms with Gasteiger partial charge in [-0.15, -0.1) is 0 Å². The molecule has 0 fully saturated rings. The fourth-order valence-electron chi connectivity index (χ4n) is 1.53. The number of aliphatic hydroxyl groups excluding tert-OH is 1. The van der Waals surface area contributed by atoms with Crippen LogP contribution >= 0.6 is 0 Å². The van der Waals surface area contributed by atoms with E-state index in [4.69, 9.17) is 15.6 Å². The molecule has 2 aromatic rings. The zero-order valence-corrected chi connectivity index (χ0v) is 9.47. The van der Waals surface area contributed by atoms with E-state index in [0.29, 0.717) is 6.42 Å². The van der Waals surface area contributed by atoms with Gasteiger partial charge in [-0.3, -0.25) is 0 Å². The van der Waals surface area contributed by atoms with E-state index < -0.39 is 0 Å². The summed E-state index contributed by atoms with van der Waals surface area (Å²) < 4.78 is 5.65. The quantitative estimate of drug-likeness (QED) is 0.792. The highest BCUT2D eigenvalue weighted by molar-refractivity contribution is 5.43. The molecule has 2 aromatic carbocycles. The van der Waals surface area contributed by atoms with Gasteiger partial charge in [0.15, 0.2) is 0 Å². The second-order valence-electron chi connectivity index (χ2n) is 3.79. The van der Waals surface area contributed by atoms with Gasteiger partial charge >= 0.3 is 0 Å². The fraction of sp³-hybridized carbons (Fsp3) is 0.143. The zero-order valence-electron chi connectivity index (χ0n) is 9.47. The number of ether oxygens (including phenoxy) is 1. The van der Waals surface area contributed by atoms with Crippen LogP contribution in [0.4, 0.5) is 5.69 Å². The Hall–Kier alpha value is -2.00. The molecule has 17 heavy (non-hydrogen) atoms. The molecule has 0 aliphatic heterocycles. The number of hydrogen-bond acceptors (Lipinski definition) is 3. The molecule has 0 bridgehead atoms. The number of nitrogen functional groups attached to an aromatic ring is 1. The van der Waals surface area contributed by atoms with Gasteiger partial charge in [-0.05, 0) is 48.4 Å². The minimum atomic E-state index is 0.165. The number of anilines is 1. The Morgan fingerprint density at radius 3 is 1.94 bits per heavy atom. The van der Waals surface area contributed by atoms with E-state index in [1.165, 1.54) is 0 Å². The first-order valence-corrected chi connectivity index (χ1v) is 5.51. The van der Waals surface area contributed by atoms with E-state index in [9.17, 15) is 0 Å². The first kappa shape index (κ1) is 11.5. The molecule has 2 rings (SSSR count). The lowest BCUT2D eigenvalue weighted by Crippen LogP contribution is -1.90. The van der Waals surface area contributed by atoms with Crippen LogP contribution in [0.3, 0.4) is 0 Å². The highest BCUT2D eigenvalue weighted by Crippen LogP contribution is 2.22. The maximum Gasteiger partial charge on any atom is 0.127 e. The molecular formula is C14H15NO2. The predicted molar refractivity (Wildman–Crippen MR) is 68.2 cm³/mol. The minimum Gasteiger partial charge on any atom is -0.457 e. The molecule has 0 aliphatic carbocycles. The van der Waals surface area contributed by atoms with E-state index in [1.54, 1.807) is 12.1 Å². The molecule has 0 unspecified atom stereocenters. The van der Waals surface area contributed by atoms with Gasteiger partial charge < -0.3 is 15.6 Å². The van der Waals surface area contributed by atoms with Crippen LogP contribution in [-0.2, 0) is 6.42 Å². The lowest BCUT2D eigenvalue weighted by atomic mass is 10.1. The van der Waals surface area contributed by atoms with Crippen LogP contribution in [0, 0.1) is 0 Å². The average molecular weight is 229 g/mol. The summed E-state index contributed by atoms with van der Waals surface area (Å²) in [5, 5.41) is 8.81. The minimum absolute atomic E-state index is 0.165. The van der Waals surface area contributed by atoms with Crippen molar-refractivity contribution in [3.05, 3.63) is 54.1 Å². The van der Waals surface area contributed by atoms with Crippen molar-refractivity contribution in [3.63, 3.8) is 0 Å². The molecule has 0 heterocycles. The zero-order chi connectivity index (χ0) is 12.1. The van der Waals surface area contributed by atoms with E-state index in [2.05, 4.69) is 0 Å². The van der Waals surface area contributed by atoms with E-state index in [-0.39, 0.29) is 6.61 Å². The summed E-state index contributed by atoms with van der Waals surface area (Å²) in [4.78, 5) is 0. The molecule has 3 N–H and O–H groups in total. The first-order valence-electron chi connectivity index (χ1n) is 5.51. The molecule has 0 saturated heterocycles. The fourth-order valence-corrected chi connectivity index (χ4v) is 1.53. The Kier molecular flexibility index (Phi) is 3.62. The van der Waals surface area contributed by atoms with Crippen molar-refractivity contribution in [1.29, 1.82) is 0 Å². The predicted octanol–water partition coefficient (Wildman–Crippen LogP) is 2.60. The van der Waals surface area contributed by atoms with Gasteiger partial charge in [0, 0.05) is 12.3 Å². The molecule has 0 amide bonds. The Morgan fingerprint density at radius 2 is 1.41 bits per heavy atom. The Bertz CT molecular complexity index is 463. The summed E-state index contributed by atoms with van der Waals surface area (Å²) in [7, 11) is 0. The van der Waals surface area contributed by atoms with Crippen molar-refractivity contribution >= 4 is 5.69 Å². The van der Waals surface area contributed by atoms with Crippen LogP contribution in [0.2, 0.25) is 0 Å². The molecule has 0 spiro atoms. The normalized spacial score (nSPS) is 10.2. The van der Waals surface area contributed by atoms with Gasteiger partial charge in [-0.25, -0.2) is 0 Å². The van der Waals surface area contributed by atoms with Crippen molar-refractivity contribution in [2.24, 2.45) is 0 Å². The van der Waals surface area contributed by atoms with Crippen LogP contribution in [0.25, 0.3) is 0 Å². The summed E-state index contributed by atoms with van der Waals surface area (Å²) in [6.07, 6.45) is 0.669. The number of aliphatic hydroxyl groups is 1. The highest BCUT2D eigenvalue weighted by Gasteiger charge is 1.97. The van der Waals surface area contributed by atoms with Gasteiger partial charge in [-0.2, -0.15) is 0 Å². The standard InChI is InChI=1S/C14H15NO2/c15-12-3-7-14(8-4-12)17-13-5-1-11(2-6-13)9-10-16/h1-8,16H,9-10,15H2. The van der Waals surface area contributed by atoms with Crippen LogP contribution in [0.5, 0.6) is 11.5 Å². The summed E-state index contributed by atoms with van der Waals surface area (Å²) in [5.41, 5.74) is 7.41. The average Bonchev–Trinajstić information content (AvgIpc) is 2.35. The lowest BCUT2D eigenvalue weighted by molar-refractivity contribution is 0.299. The van der Waals surface area contributed by atoms with Crippen LogP contribution < -0.4 is 10.5 Å². The topological polar surface area (TPSA) is 55.5 Å². The van der Waals surface area contributed by atoms with Crippen LogP contribution in [0.1, 0.15) is 5.56 Å². The highest BCUT2D eigenvalue weighted by atomic mass is 16.5. The summed E-state index contributed by atoms with van der Waals surface area (Å²) in [6, 6.07) is 14.9. The van der Waals surface area contributed by atoms with Crippen molar-refractivity contribution in [2.45, 2.75) is 6.42 Å². The smallest absolute Gasteiger partial charge is 0.127 e. The lowest BCUT2D eigenvalue weighted by Gasteiger charge is -2.06. The summed E-state index contributed by atoms with van der Waals surface area (Å²) >= 11 is 0. The second-order valence-corrected chi connectivity index (χ2v) is 3.79. The van der Waals surface area contributed by atoms with Gasteiger partial charge in [0.1, 0.15) is 11.5 Å². The molecule has 3 nitrogen and oxygen atoms in total. The maximum atomic E-state index is 8.81. The Labute approximate surface area is 100 Å². The van der Waals surface area contributed by atoms with Crippen molar-refractivity contribution in [3.8, 4) is 11.5 Å².